The van der Waals surface area contributed by atoms with Crippen LogP contribution in [0.3, 0.4) is 0 Å². The van der Waals surface area contributed by atoms with Gasteiger partial charge in [0.05, 0.1) is 5.52 Å². The van der Waals surface area contributed by atoms with Crippen LogP contribution in [-0.2, 0) is 0 Å². The van der Waals surface area contributed by atoms with Crippen LogP contribution in [-0.4, -0.2) is 4.98 Å². The Bertz CT molecular complexity index is 663. The Morgan fingerprint density at radius 2 is 2.29 bits per heavy atom. The van der Waals surface area contributed by atoms with Crippen LogP contribution >= 0.6 is 15.9 Å². The van der Waals surface area contributed by atoms with Crippen molar-refractivity contribution in [3.8, 4) is 0 Å². The number of nitrogens with zero attached hydrogens (tertiary/aromatic N) is 1. The van der Waals surface area contributed by atoms with Crippen LogP contribution in [0.1, 0.15) is 34.8 Å². The Labute approximate surface area is 102 Å². The predicted molar refractivity (Wildman–Crippen MR) is 63.5 cm³/mol. The smallest absolute Gasteiger partial charge is 0.0846 e. The average Bonchev–Trinajstić information content (AvgIpc) is 2.36. The number of pyridine rings is 1. The normalized spacial score (nSPS) is 21.1. The molecule has 2 rings (SSSR count). The van der Waals surface area contributed by atoms with Crippen molar-refractivity contribution in [3.63, 3.8) is 0 Å². The lowest BCUT2D eigenvalue weighted by molar-refractivity contribution is 0.875. The van der Waals surface area contributed by atoms with Crippen LogP contribution in [0.5, 0.6) is 0 Å². The van der Waals surface area contributed by atoms with Gasteiger partial charge in [-0.15, -0.1) is 0 Å². The summed E-state index contributed by atoms with van der Waals surface area (Å²) in [5, 5.41) is 0.342. The summed E-state index contributed by atoms with van der Waals surface area (Å²) in [7, 11) is 0. The zero-order valence-electron chi connectivity index (χ0n) is 14.2. The van der Waals surface area contributed by atoms with E-state index in [1.165, 1.54) is 18.3 Å². The molecule has 0 radical (unpaired) electrons. The topological polar surface area (TPSA) is 12.9 Å². The van der Waals surface area contributed by atoms with Crippen molar-refractivity contribution in [1.82, 2.24) is 4.98 Å². The summed E-state index contributed by atoms with van der Waals surface area (Å²) in [6.45, 7) is -6.01. The maximum absolute atomic E-state index is 8.25. The number of aromatic nitrogens is 1. The second-order valence-corrected chi connectivity index (χ2v) is 3.72. The van der Waals surface area contributed by atoms with Gasteiger partial charge in [0.2, 0.25) is 0 Å². The molecule has 0 aliphatic carbocycles. The van der Waals surface area contributed by atoms with E-state index in [9.17, 15) is 0 Å². The lowest BCUT2D eigenvalue weighted by Gasteiger charge is -2.09. The van der Waals surface area contributed by atoms with E-state index < -0.39 is 19.6 Å². The van der Waals surface area contributed by atoms with Crippen LogP contribution in [0.2, 0.25) is 0 Å². The summed E-state index contributed by atoms with van der Waals surface area (Å²) < 4.78 is 54.2. The van der Waals surface area contributed by atoms with Gasteiger partial charge in [-0.05, 0) is 39.5 Å². The van der Waals surface area contributed by atoms with Crippen molar-refractivity contribution < 1.29 is 9.60 Å². The fourth-order valence-electron chi connectivity index (χ4n) is 1.36. The van der Waals surface area contributed by atoms with Crippen molar-refractivity contribution >= 4 is 26.8 Å². The molecule has 0 N–H and O–H groups in total. The molecule has 14 heavy (non-hydrogen) atoms. The SMILES string of the molecule is [2H]C([2H])([2H])C([2H])(c1ccc(Br)c2ncccc12)C([2H])([2H])[2H]. The van der Waals surface area contributed by atoms with Gasteiger partial charge in [-0.1, -0.05) is 25.8 Å². The summed E-state index contributed by atoms with van der Waals surface area (Å²) in [5.41, 5.74) is 0.355. The van der Waals surface area contributed by atoms with Crippen molar-refractivity contribution in [2.24, 2.45) is 0 Å². The maximum Gasteiger partial charge on any atom is 0.0846 e. The van der Waals surface area contributed by atoms with E-state index in [0.29, 0.717) is 15.4 Å². The van der Waals surface area contributed by atoms with Gasteiger partial charge in [-0.3, -0.25) is 4.98 Å². The molecule has 1 aromatic heterocycles. The minimum absolute atomic E-state index is 0.0752. The van der Waals surface area contributed by atoms with Crippen molar-refractivity contribution in [1.29, 1.82) is 0 Å². The first kappa shape index (κ1) is 4.31. The van der Waals surface area contributed by atoms with Gasteiger partial charge < -0.3 is 0 Å². The summed E-state index contributed by atoms with van der Waals surface area (Å²) in [4.78, 5) is 4.12. The first-order valence-corrected chi connectivity index (χ1v) is 4.83. The largest absolute Gasteiger partial charge is 0.255 e. The molecule has 0 fully saturated rings. The minimum atomic E-state index is -3.01. The molecule has 0 aliphatic rings. The highest BCUT2D eigenvalue weighted by atomic mass is 79.9. The molecular formula is C12H12BrN. The molecular weight excluding hydrogens is 238 g/mol. The predicted octanol–water partition coefficient (Wildman–Crippen LogP) is 4.12. The maximum atomic E-state index is 8.25. The first-order chi connectivity index (χ1) is 9.50. The summed E-state index contributed by atoms with van der Waals surface area (Å²) in [5.74, 6) is -2.72. The minimum Gasteiger partial charge on any atom is -0.255 e. The number of fused-ring (bicyclic) bond motifs is 1. The zero-order chi connectivity index (χ0) is 16.1. The Balaban J connectivity index is 2.89. The number of hydrogen-bond acceptors (Lipinski definition) is 1. The highest BCUT2D eigenvalue weighted by molar-refractivity contribution is 9.10. The summed E-state index contributed by atoms with van der Waals surface area (Å²) >= 11 is 3.29. The molecule has 0 saturated heterocycles. The van der Waals surface area contributed by atoms with E-state index in [0.717, 1.165) is 0 Å². The van der Waals surface area contributed by atoms with Gasteiger partial charge in [0.25, 0.3) is 0 Å². The summed E-state index contributed by atoms with van der Waals surface area (Å²) in [6, 6.07) is 6.03. The van der Waals surface area contributed by atoms with Crippen molar-refractivity contribution in [2.45, 2.75) is 19.6 Å². The van der Waals surface area contributed by atoms with Crippen molar-refractivity contribution in [3.05, 3.63) is 40.5 Å². The number of hydrogen-bond donors (Lipinski definition) is 0. The van der Waals surface area contributed by atoms with Crippen LogP contribution in [0, 0.1) is 0 Å². The monoisotopic (exact) mass is 256 g/mol. The number of halogens is 1. The molecule has 0 saturated carbocycles. The molecule has 0 aliphatic heterocycles. The molecule has 72 valence electrons. The van der Waals surface area contributed by atoms with Crippen LogP contribution in [0.15, 0.2) is 34.9 Å². The van der Waals surface area contributed by atoms with Crippen LogP contribution in [0.4, 0.5) is 0 Å². The standard InChI is InChI=1S/C12H12BrN/c1-8(2)9-5-6-11(13)12-10(9)4-3-7-14-12/h3-8H,1-2H3/i1D3,2D3,8D. The van der Waals surface area contributed by atoms with Gasteiger partial charge in [0.1, 0.15) is 0 Å². The van der Waals surface area contributed by atoms with E-state index in [1.807, 2.05) is 0 Å². The third-order valence-corrected chi connectivity index (χ3v) is 2.63. The Kier molecular flexibility index (Phi) is 1.14. The molecule has 2 heteroatoms. The first-order valence-electron chi connectivity index (χ1n) is 7.54. The van der Waals surface area contributed by atoms with Crippen LogP contribution < -0.4 is 0 Å². The van der Waals surface area contributed by atoms with E-state index >= 15 is 0 Å². The van der Waals surface area contributed by atoms with Gasteiger partial charge >= 0.3 is 0 Å². The van der Waals surface area contributed by atoms with Crippen LogP contribution in [0.25, 0.3) is 10.9 Å². The number of rotatable bonds is 1. The molecule has 0 amide bonds. The van der Waals surface area contributed by atoms with Gasteiger partial charge in [0.15, 0.2) is 0 Å². The lowest BCUT2D eigenvalue weighted by atomic mass is 9.98. The fourth-order valence-corrected chi connectivity index (χ4v) is 1.80. The van der Waals surface area contributed by atoms with Gasteiger partial charge in [-0.25, -0.2) is 0 Å². The zero-order valence-corrected chi connectivity index (χ0v) is 8.80. The third kappa shape index (κ3) is 1.55. The number of benzene rings is 1. The molecule has 1 aromatic carbocycles. The molecule has 0 unspecified atom stereocenters. The van der Waals surface area contributed by atoms with Gasteiger partial charge in [0, 0.05) is 25.7 Å². The molecule has 0 atom stereocenters. The second-order valence-electron chi connectivity index (χ2n) is 2.87. The second kappa shape index (κ2) is 3.70. The average molecular weight is 257 g/mol. The Hall–Kier alpha value is -0.890. The summed E-state index contributed by atoms with van der Waals surface area (Å²) in [6.07, 6.45) is 1.52. The van der Waals surface area contributed by atoms with Gasteiger partial charge in [-0.2, -0.15) is 0 Å². The van der Waals surface area contributed by atoms with E-state index in [2.05, 4.69) is 20.9 Å². The van der Waals surface area contributed by atoms with E-state index in [1.54, 1.807) is 12.1 Å². The molecule has 0 bridgehead atoms. The highest BCUT2D eigenvalue weighted by Crippen LogP contribution is 2.29. The molecule has 1 nitrogen and oxygen atoms in total. The van der Waals surface area contributed by atoms with E-state index in [-0.39, 0.29) is 5.56 Å². The lowest BCUT2D eigenvalue weighted by Crippen LogP contribution is -1.91. The van der Waals surface area contributed by atoms with E-state index in [4.69, 9.17) is 9.60 Å². The molecule has 0 spiro atoms. The fraction of sp³-hybridized carbons (Fsp3) is 0.250. The van der Waals surface area contributed by atoms with Crippen molar-refractivity contribution in [2.75, 3.05) is 0 Å². The Morgan fingerprint density at radius 3 is 3.07 bits per heavy atom. The highest BCUT2D eigenvalue weighted by Gasteiger charge is 2.07. The third-order valence-electron chi connectivity index (χ3n) is 1.99. The quantitative estimate of drug-likeness (QED) is 0.748. The molecule has 2 aromatic rings. The Morgan fingerprint density at radius 1 is 1.43 bits per heavy atom. The molecule has 1 heterocycles.